The standard InChI is InChI=1S/C13H26N2O4/c1-4-13(17)19-11(3)10-15-12(16)6-8-18-9-7-14-5-2/h11,14H,4-10H2,1-3H3,(H,15,16)/t11-/m0/s1. The molecule has 0 aliphatic rings. The molecule has 0 saturated heterocycles. The van der Waals surface area contributed by atoms with Crippen LogP contribution in [-0.4, -0.2) is 50.8 Å². The molecule has 6 heteroatoms. The summed E-state index contributed by atoms with van der Waals surface area (Å²) >= 11 is 0. The quantitative estimate of drug-likeness (QED) is 0.423. The van der Waals surface area contributed by atoms with E-state index in [4.69, 9.17) is 9.47 Å². The first kappa shape index (κ1) is 17.9. The average Bonchev–Trinajstić information content (AvgIpc) is 2.40. The van der Waals surface area contributed by atoms with Gasteiger partial charge in [0.1, 0.15) is 6.10 Å². The molecule has 0 aliphatic carbocycles. The molecule has 1 atom stereocenters. The summed E-state index contributed by atoms with van der Waals surface area (Å²) in [4.78, 5) is 22.4. The number of esters is 1. The molecule has 0 aromatic heterocycles. The number of ether oxygens (including phenoxy) is 2. The molecule has 0 spiro atoms. The minimum atomic E-state index is -0.300. The van der Waals surface area contributed by atoms with Crippen LogP contribution >= 0.6 is 0 Å². The van der Waals surface area contributed by atoms with E-state index in [0.29, 0.717) is 32.6 Å². The van der Waals surface area contributed by atoms with Gasteiger partial charge in [-0.25, -0.2) is 0 Å². The van der Waals surface area contributed by atoms with Gasteiger partial charge in [-0.3, -0.25) is 9.59 Å². The van der Waals surface area contributed by atoms with Crippen LogP contribution in [0.5, 0.6) is 0 Å². The Labute approximate surface area is 115 Å². The zero-order chi connectivity index (χ0) is 14.5. The molecule has 112 valence electrons. The van der Waals surface area contributed by atoms with E-state index in [1.807, 2.05) is 6.92 Å². The molecule has 0 bridgehead atoms. The van der Waals surface area contributed by atoms with Crippen LogP contribution in [0.4, 0.5) is 0 Å². The minimum absolute atomic E-state index is 0.0946. The topological polar surface area (TPSA) is 76.7 Å². The van der Waals surface area contributed by atoms with E-state index in [1.165, 1.54) is 0 Å². The molecule has 19 heavy (non-hydrogen) atoms. The number of carbonyl (C=O) groups excluding carboxylic acids is 2. The van der Waals surface area contributed by atoms with Crippen molar-refractivity contribution >= 4 is 11.9 Å². The lowest BCUT2D eigenvalue weighted by molar-refractivity contribution is -0.148. The molecule has 0 fully saturated rings. The fraction of sp³-hybridized carbons (Fsp3) is 0.846. The van der Waals surface area contributed by atoms with Gasteiger partial charge in [-0.15, -0.1) is 0 Å². The Morgan fingerprint density at radius 3 is 2.58 bits per heavy atom. The van der Waals surface area contributed by atoms with Crippen molar-refractivity contribution in [1.82, 2.24) is 10.6 Å². The minimum Gasteiger partial charge on any atom is -0.461 e. The van der Waals surface area contributed by atoms with Gasteiger partial charge in [0.25, 0.3) is 0 Å². The van der Waals surface area contributed by atoms with Gasteiger partial charge in [-0.2, -0.15) is 0 Å². The van der Waals surface area contributed by atoms with E-state index in [2.05, 4.69) is 10.6 Å². The van der Waals surface area contributed by atoms with Crippen molar-refractivity contribution in [2.24, 2.45) is 0 Å². The van der Waals surface area contributed by atoms with Gasteiger partial charge in [-0.1, -0.05) is 13.8 Å². The van der Waals surface area contributed by atoms with Crippen molar-refractivity contribution < 1.29 is 19.1 Å². The lowest BCUT2D eigenvalue weighted by Crippen LogP contribution is -2.33. The maximum atomic E-state index is 11.4. The van der Waals surface area contributed by atoms with Crippen molar-refractivity contribution in [2.45, 2.75) is 39.7 Å². The number of amides is 1. The molecule has 0 saturated carbocycles. The Morgan fingerprint density at radius 1 is 1.21 bits per heavy atom. The van der Waals surface area contributed by atoms with E-state index < -0.39 is 0 Å². The van der Waals surface area contributed by atoms with Crippen molar-refractivity contribution in [3.05, 3.63) is 0 Å². The van der Waals surface area contributed by atoms with E-state index >= 15 is 0 Å². The van der Waals surface area contributed by atoms with Crippen LogP contribution in [-0.2, 0) is 19.1 Å². The van der Waals surface area contributed by atoms with Gasteiger partial charge >= 0.3 is 5.97 Å². The number of likely N-dealkylation sites (N-methyl/N-ethyl adjacent to an activating group) is 1. The monoisotopic (exact) mass is 274 g/mol. The first-order chi connectivity index (χ1) is 9.10. The summed E-state index contributed by atoms with van der Waals surface area (Å²) in [5, 5.41) is 5.83. The van der Waals surface area contributed by atoms with Crippen LogP contribution in [0.2, 0.25) is 0 Å². The van der Waals surface area contributed by atoms with Crippen molar-refractivity contribution in [1.29, 1.82) is 0 Å². The lowest BCUT2D eigenvalue weighted by atomic mass is 10.3. The molecule has 0 rings (SSSR count). The molecular formula is C13H26N2O4. The highest BCUT2D eigenvalue weighted by atomic mass is 16.5. The fourth-order valence-electron chi connectivity index (χ4n) is 1.28. The van der Waals surface area contributed by atoms with Crippen molar-refractivity contribution in [3.8, 4) is 0 Å². The van der Waals surface area contributed by atoms with Gasteiger partial charge in [0.15, 0.2) is 0 Å². The summed E-state index contributed by atoms with van der Waals surface area (Å²) in [7, 11) is 0. The van der Waals surface area contributed by atoms with Gasteiger partial charge < -0.3 is 20.1 Å². The summed E-state index contributed by atoms with van der Waals surface area (Å²) in [6.07, 6.45) is 0.365. The van der Waals surface area contributed by atoms with E-state index in [-0.39, 0.29) is 18.0 Å². The molecule has 0 heterocycles. The van der Waals surface area contributed by atoms with Crippen LogP contribution in [0.1, 0.15) is 33.6 Å². The van der Waals surface area contributed by atoms with Gasteiger partial charge in [0.05, 0.1) is 19.8 Å². The molecule has 1 amide bonds. The van der Waals surface area contributed by atoms with Crippen LogP contribution in [0.25, 0.3) is 0 Å². The van der Waals surface area contributed by atoms with E-state index in [1.54, 1.807) is 13.8 Å². The number of hydrogen-bond donors (Lipinski definition) is 2. The Hall–Kier alpha value is -1.14. The molecular weight excluding hydrogens is 248 g/mol. The zero-order valence-corrected chi connectivity index (χ0v) is 12.2. The molecule has 2 N–H and O–H groups in total. The highest BCUT2D eigenvalue weighted by Crippen LogP contribution is 1.93. The molecule has 0 aliphatic heterocycles. The Kier molecular flexibility index (Phi) is 11.2. The number of carbonyl (C=O) groups is 2. The SMILES string of the molecule is CCNCCOCCC(=O)NC[C@H](C)OC(=O)CC. The Morgan fingerprint density at radius 2 is 1.95 bits per heavy atom. The highest BCUT2D eigenvalue weighted by Gasteiger charge is 2.09. The molecule has 6 nitrogen and oxygen atoms in total. The third-order valence-corrected chi connectivity index (χ3v) is 2.35. The average molecular weight is 274 g/mol. The molecule has 0 aromatic carbocycles. The predicted molar refractivity (Wildman–Crippen MR) is 72.8 cm³/mol. The lowest BCUT2D eigenvalue weighted by Gasteiger charge is -2.13. The largest absolute Gasteiger partial charge is 0.461 e. The third-order valence-electron chi connectivity index (χ3n) is 2.35. The third kappa shape index (κ3) is 11.7. The van der Waals surface area contributed by atoms with Crippen LogP contribution in [0.15, 0.2) is 0 Å². The van der Waals surface area contributed by atoms with Crippen molar-refractivity contribution in [3.63, 3.8) is 0 Å². The smallest absolute Gasteiger partial charge is 0.305 e. The molecule has 0 unspecified atom stereocenters. The Bertz CT molecular complexity index is 259. The van der Waals surface area contributed by atoms with Crippen LogP contribution in [0.3, 0.4) is 0 Å². The summed E-state index contributed by atoms with van der Waals surface area (Å²) < 4.78 is 10.3. The Balaban J connectivity index is 3.46. The second-order valence-electron chi connectivity index (χ2n) is 4.17. The molecule has 0 radical (unpaired) electrons. The van der Waals surface area contributed by atoms with E-state index in [0.717, 1.165) is 13.1 Å². The summed E-state index contributed by atoms with van der Waals surface area (Å²) in [5.41, 5.74) is 0. The second kappa shape index (κ2) is 11.9. The predicted octanol–water partition coefficient (Wildman–Crippen LogP) is 0.460. The van der Waals surface area contributed by atoms with Gasteiger partial charge in [-0.05, 0) is 13.5 Å². The van der Waals surface area contributed by atoms with Gasteiger partial charge in [0.2, 0.25) is 5.91 Å². The molecule has 0 aromatic rings. The summed E-state index contributed by atoms with van der Waals surface area (Å²) in [6, 6.07) is 0. The van der Waals surface area contributed by atoms with Crippen LogP contribution < -0.4 is 10.6 Å². The van der Waals surface area contributed by atoms with Crippen LogP contribution in [0, 0.1) is 0 Å². The second-order valence-corrected chi connectivity index (χ2v) is 4.17. The maximum Gasteiger partial charge on any atom is 0.305 e. The highest BCUT2D eigenvalue weighted by molar-refractivity contribution is 5.76. The fourth-order valence-corrected chi connectivity index (χ4v) is 1.28. The maximum absolute atomic E-state index is 11.4. The summed E-state index contributed by atoms with van der Waals surface area (Å²) in [5.74, 6) is -0.351. The number of rotatable bonds is 11. The number of hydrogen-bond acceptors (Lipinski definition) is 5. The summed E-state index contributed by atoms with van der Waals surface area (Å²) in [6.45, 7) is 8.56. The first-order valence-electron chi connectivity index (χ1n) is 6.84. The normalized spacial score (nSPS) is 11.9. The van der Waals surface area contributed by atoms with Gasteiger partial charge in [0, 0.05) is 19.4 Å². The first-order valence-corrected chi connectivity index (χ1v) is 6.84. The zero-order valence-electron chi connectivity index (χ0n) is 12.2. The van der Waals surface area contributed by atoms with E-state index in [9.17, 15) is 9.59 Å². The van der Waals surface area contributed by atoms with Crippen molar-refractivity contribution in [2.75, 3.05) is 32.8 Å². The number of nitrogens with one attached hydrogen (secondary N) is 2.